The molecule has 1 aliphatic heterocycles. The van der Waals surface area contributed by atoms with Gasteiger partial charge in [0.2, 0.25) is 10.0 Å². The molecule has 3 rings (SSSR count). The number of ether oxygens (including phenoxy) is 1. The highest BCUT2D eigenvalue weighted by atomic mass is 32.2. The first-order chi connectivity index (χ1) is 13.4. The van der Waals surface area contributed by atoms with Gasteiger partial charge in [-0.25, -0.2) is 8.42 Å². The Morgan fingerprint density at radius 1 is 1.00 bits per heavy atom. The number of hydrogen-bond acceptors (Lipinski definition) is 6. The van der Waals surface area contributed by atoms with Crippen LogP contribution in [0, 0.1) is 17.0 Å². The zero-order valence-corrected chi connectivity index (χ0v) is 16.5. The number of aryl methyl sites for hydroxylation is 1. The summed E-state index contributed by atoms with van der Waals surface area (Å²) < 4.78 is 32.6. The van der Waals surface area contributed by atoms with Crippen LogP contribution in [0.25, 0.3) is 0 Å². The molecule has 0 radical (unpaired) electrons. The molecule has 150 valence electrons. The van der Waals surface area contributed by atoms with Crippen LogP contribution in [0.3, 0.4) is 0 Å². The maximum absolute atomic E-state index is 12.7. The molecule has 0 saturated carbocycles. The molecule has 0 amide bonds. The molecular formula is C19H23N3O5S. The monoisotopic (exact) mass is 405 g/mol. The van der Waals surface area contributed by atoms with Gasteiger partial charge in [0, 0.05) is 44.9 Å². The van der Waals surface area contributed by atoms with E-state index in [4.69, 9.17) is 4.74 Å². The number of benzene rings is 2. The van der Waals surface area contributed by atoms with E-state index in [9.17, 15) is 18.5 Å². The average Bonchev–Trinajstić information content (AvgIpc) is 2.70. The van der Waals surface area contributed by atoms with E-state index in [2.05, 4.69) is 4.90 Å². The Bertz CT molecular complexity index is 906. The third-order valence-electron chi connectivity index (χ3n) is 4.71. The van der Waals surface area contributed by atoms with Gasteiger partial charge in [0.25, 0.3) is 5.69 Å². The molecule has 1 aliphatic rings. The molecule has 0 N–H and O–H groups in total. The summed E-state index contributed by atoms with van der Waals surface area (Å²) in [6.45, 7) is 5.27. The minimum absolute atomic E-state index is 0.0780. The summed E-state index contributed by atoms with van der Waals surface area (Å²) in [7, 11) is -3.64. The van der Waals surface area contributed by atoms with Gasteiger partial charge in [-0.2, -0.15) is 4.31 Å². The zero-order chi connectivity index (χ0) is 20.1. The molecule has 0 spiro atoms. The minimum Gasteiger partial charge on any atom is -0.492 e. The second kappa shape index (κ2) is 8.68. The quantitative estimate of drug-likeness (QED) is 0.518. The zero-order valence-electron chi connectivity index (χ0n) is 15.7. The van der Waals surface area contributed by atoms with Gasteiger partial charge in [-0.1, -0.05) is 17.7 Å². The van der Waals surface area contributed by atoms with Crippen molar-refractivity contribution >= 4 is 15.7 Å². The van der Waals surface area contributed by atoms with Gasteiger partial charge in [0.15, 0.2) is 0 Å². The Kier molecular flexibility index (Phi) is 6.28. The van der Waals surface area contributed by atoms with Crippen LogP contribution in [0.1, 0.15) is 5.56 Å². The topological polar surface area (TPSA) is 93.0 Å². The number of nitrogens with zero attached hydrogens (tertiary/aromatic N) is 3. The highest BCUT2D eigenvalue weighted by molar-refractivity contribution is 7.89. The van der Waals surface area contributed by atoms with Gasteiger partial charge in [-0.15, -0.1) is 0 Å². The Labute approximate surface area is 164 Å². The molecule has 0 aromatic heterocycles. The van der Waals surface area contributed by atoms with E-state index in [1.165, 1.54) is 34.1 Å². The third kappa shape index (κ3) is 4.86. The second-order valence-electron chi connectivity index (χ2n) is 6.66. The molecule has 1 saturated heterocycles. The molecule has 2 aromatic carbocycles. The largest absolute Gasteiger partial charge is 0.492 e. The van der Waals surface area contributed by atoms with Crippen LogP contribution in [-0.4, -0.2) is 61.9 Å². The molecular weight excluding hydrogens is 382 g/mol. The van der Waals surface area contributed by atoms with Crippen molar-refractivity contribution in [2.75, 3.05) is 39.3 Å². The predicted molar refractivity (Wildman–Crippen MR) is 105 cm³/mol. The number of non-ortho nitro benzene ring substituents is 1. The van der Waals surface area contributed by atoms with Crippen molar-refractivity contribution in [1.82, 2.24) is 9.21 Å². The van der Waals surface area contributed by atoms with Crippen LogP contribution in [-0.2, 0) is 10.0 Å². The molecule has 0 atom stereocenters. The normalized spacial score (nSPS) is 16.0. The molecule has 28 heavy (non-hydrogen) atoms. The summed E-state index contributed by atoms with van der Waals surface area (Å²) in [5, 5.41) is 10.7. The molecule has 9 heteroatoms. The number of sulfonamides is 1. The van der Waals surface area contributed by atoms with E-state index in [-0.39, 0.29) is 10.6 Å². The van der Waals surface area contributed by atoms with Gasteiger partial charge < -0.3 is 4.74 Å². The van der Waals surface area contributed by atoms with Crippen LogP contribution in [0.5, 0.6) is 5.75 Å². The third-order valence-corrected chi connectivity index (χ3v) is 6.63. The van der Waals surface area contributed by atoms with Crippen molar-refractivity contribution in [3.05, 3.63) is 64.2 Å². The summed E-state index contributed by atoms with van der Waals surface area (Å²) in [5.41, 5.74) is 1.05. The first kappa shape index (κ1) is 20.2. The Hall–Kier alpha value is -2.49. The number of rotatable bonds is 7. The lowest BCUT2D eigenvalue weighted by Gasteiger charge is -2.33. The van der Waals surface area contributed by atoms with E-state index in [1.807, 2.05) is 31.2 Å². The van der Waals surface area contributed by atoms with E-state index in [1.54, 1.807) is 0 Å². The number of nitro benzene ring substituents is 1. The van der Waals surface area contributed by atoms with Crippen molar-refractivity contribution in [2.45, 2.75) is 11.8 Å². The molecule has 0 aliphatic carbocycles. The van der Waals surface area contributed by atoms with Crippen molar-refractivity contribution in [1.29, 1.82) is 0 Å². The lowest BCUT2D eigenvalue weighted by molar-refractivity contribution is -0.384. The molecule has 8 nitrogen and oxygen atoms in total. The van der Waals surface area contributed by atoms with Gasteiger partial charge in [-0.3, -0.25) is 15.0 Å². The van der Waals surface area contributed by atoms with Gasteiger partial charge in [-0.05, 0) is 31.2 Å². The summed E-state index contributed by atoms with van der Waals surface area (Å²) >= 11 is 0. The fourth-order valence-corrected chi connectivity index (χ4v) is 4.43. The van der Waals surface area contributed by atoms with Crippen molar-refractivity contribution < 1.29 is 18.1 Å². The average molecular weight is 405 g/mol. The van der Waals surface area contributed by atoms with Gasteiger partial charge >= 0.3 is 0 Å². The molecule has 1 heterocycles. The van der Waals surface area contributed by atoms with Gasteiger partial charge in [0.05, 0.1) is 9.82 Å². The van der Waals surface area contributed by atoms with E-state index < -0.39 is 14.9 Å². The summed E-state index contributed by atoms with van der Waals surface area (Å²) in [5.74, 6) is 0.824. The van der Waals surface area contributed by atoms with E-state index >= 15 is 0 Å². The van der Waals surface area contributed by atoms with E-state index in [0.29, 0.717) is 32.8 Å². The first-order valence-electron chi connectivity index (χ1n) is 9.03. The van der Waals surface area contributed by atoms with Crippen molar-refractivity contribution in [3.8, 4) is 5.75 Å². The molecule has 0 unspecified atom stereocenters. The molecule has 1 fully saturated rings. The standard InChI is InChI=1S/C19H23N3O5S/c1-16-2-6-18(7-3-16)27-15-14-20-10-12-21(13-11-20)28(25,26)19-8-4-17(5-9-19)22(23)24/h2-9H,10-15H2,1H3. The first-order valence-corrected chi connectivity index (χ1v) is 10.5. The highest BCUT2D eigenvalue weighted by Gasteiger charge is 2.28. The fourth-order valence-electron chi connectivity index (χ4n) is 3.01. The number of hydrogen-bond donors (Lipinski definition) is 0. The van der Waals surface area contributed by atoms with Crippen LogP contribution in [0.4, 0.5) is 5.69 Å². The maximum Gasteiger partial charge on any atom is 0.269 e. The van der Waals surface area contributed by atoms with Crippen molar-refractivity contribution in [3.63, 3.8) is 0 Å². The Morgan fingerprint density at radius 2 is 1.61 bits per heavy atom. The van der Waals surface area contributed by atoms with Crippen molar-refractivity contribution in [2.24, 2.45) is 0 Å². The Balaban J connectivity index is 1.49. The molecule has 0 bridgehead atoms. The smallest absolute Gasteiger partial charge is 0.269 e. The van der Waals surface area contributed by atoms with Crippen LogP contribution in [0.2, 0.25) is 0 Å². The van der Waals surface area contributed by atoms with E-state index in [0.717, 1.165) is 12.3 Å². The summed E-state index contributed by atoms with van der Waals surface area (Å²) in [6.07, 6.45) is 0. The lowest BCUT2D eigenvalue weighted by atomic mass is 10.2. The van der Waals surface area contributed by atoms with Crippen LogP contribution >= 0.6 is 0 Å². The molecule has 2 aromatic rings. The summed E-state index contributed by atoms with van der Waals surface area (Å²) in [6, 6.07) is 12.9. The van der Waals surface area contributed by atoms with Crippen LogP contribution < -0.4 is 4.74 Å². The second-order valence-corrected chi connectivity index (χ2v) is 8.60. The maximum atomic E-state index is 12.7. The van der Waals surface area contributed by atoms with Gasteiger partial charge in [0.1, 0.15) is 12.4 Å². The minimum atomic E-state index is -3.64. The number of piperazine rings is 1. The highest BCUT2D eigenvalue weighted by Crippen LogP contribution is 2.21. The SMILES string of the molecule is Cc1ccc(OCCN2CCN(S(=O)(=O)c3ccc([N+](=O)[O-])cc3)CC2)cc1. The number of nitro groups is 1. The fraction of sp³-hybridized carbons (Fsp3) is 0.368. The lowest BCUT2D eigenvalue weighted by Crippen LogP contribution is -2.49. The summed E-state index contributed by atoms with van der Waals surface area (Å²) in [4.78, 5) is 12.4. The van der Waals surface area contributed by atoms with Crippen LogP contribution in [0.15, 0.2) is 53.4 Å². The predicted octanol–water partition coefficient (Wildman–Crippen LogP) is 2.29. The Morgan fingerprint density at radius 3 is 2.18 bits per heavy atom.